The molecule has 0 N–H and O–H groups in total. The molecule has 5 nitrogen and oxygen atoms in total. The first-order valence-corrected chi connectivity index (χ1v) is 6.88. The Morgan fingerprint density at radius 3 is 2.68 bits per heavy atom. The second-order valence-electron chi connectivity index (χ2n) is 4.68. The number of nitrogens with zero attached hydrogens (tertiary/aromatic N) is 4. The second-order valence-corrected chi connectivity index (χ2v) is 4.68. The summed E-state index contributed by atoms with van der Waals surface area (Å²) in [5, 5.41) is 0. The van der Waals surface area contributed by atoms with E-state index in [-0.39, 0.29) is 10.5 Å². The van der Waals surface area contributed by atoms with E-state index in [1.54, 1.807) is 29.6 Å². The van der Waals surface area contributed by atoms with Gasteiger partial charge in [-0.3, -0.25) is 0 Å². The number of rotatable bonds is 4. The Morgan fingerprint density at radius 1 is 1.37 bits per heavy atom. The first kappa shape index (κ1) is 13.7. The van der Waals surface area contributed by atoms with Crippen LogP contribution in [-0.2, 0) is 0 Å². The van der Waals surface area contributed by atoms with Crippen molar-refractivity contribution in [3.63, 3.8) is 0 Å². The summed E-state index contributed by atoms with van der Waals surface area (Å²) >= 11 is 0. The summed E-state index contributed by atoms with van der Waals surface area (Å²) in [6, 6.07) is -0.00768. The van der Waals surface area contributed by atoms with Crippen molar-refractivity contribution in [3.05, 3.63) is 30.1 Å². The van der Waals surface area contributed by atoms with Gasteiger partial charge in [-0.25, -0.2) is 19.3 Å². The predicted octanol–water partition coefficient (Wildman–Crippen LogP) is 3.15. The van der Waals surface area contributed by atoms with Gasteiger partial charge in [-0.15, -0.1) is 0 Å². The molecule has 1 atom stereocenters. The maximum atomic E-state index is 12.7. The molecular formula is C14H21N4O+. The normalized spacial score (nSPS) is 22.3. The molecule has 0 radical (unpaired) electrons. The highest BCUT2D eigenvalue weighted by molar-refractivity contribution is 5.80. The Kier molecular flexibility index (Phi) is 3.95. The molecule has 0 bridgehead atoms. The Hall–Kier alpha value is -1.75. The monoisotopic (exact) mass is 261 g/mol. The molecule has 1 aromatic rings. The van der Waals surface area contributed by atoms with Crippen LogP contribution in [0.4, 0.5) is 4.79 Å². The number of hydrogen-bond donors (Lipinski definition) is 0. The average Bonchev–Trinajstić information content (AvgIpc) is 3.06. The molecule has 1 unspecified atom stereocenters. The van der Waals surface area contributed by atoms with Crippen molar-refractivity contribution in [1.29, 1.82) is 0 Å². The largest absolute Gasteiger partial charge is 0.439 e. The summed E-state index contributed by atoms with van der Waals surface area (Å²) < 4.78 is 1.74. The Labute approximate surface area is 113 Å². The van der Waals surface area contributed by atoms with Crippen LogP contribution in [0.15, 0.2) is 35.1 Å². The fourth-order valence-electron chi connectivity index (χ4n) is 2.63. The van der Waals surface area contributed by atoms with E-state index in [0.717, 1.165) is 30.7 Å². The minimum atomic E-state index is -0.00768. The number of hydrogen-bond acceptors (Lipinski definition) is 3. The quantitative estimate of drug-likeness (QED) is 0.782. The van der Waals surface area contributed by atoms with Gasteiger partial charge < -0.3 is 0 Å². The second kappa shape index (κ2) is 5.48. The Bertz CT molecular complexity index is 516. The van der Waals surface area contributed by atoms with Gasteiger partial charge in [0.05, 0.1) is 6.54 Å². The van der Waals surface area contributed by atoms with E-state index in [1.165, 1.54) is 0 Å². The van der Waals surface area contributed by atoms with Gasteiger partial charge in [0.2, 0.25) is 6.34 Å². The number of imidazole rings is 1. The standard InChI is InChI=1S/C14H21N4O/c1-4-7-12-13(5-2)18(6-3,11-16-12)14(19)17-9-8-15-10-17/h8-11H,4-7H2,1-3H3/q+1. The van der Waals surface area contributed by atoms with Crippen LogP contribution in [0.5, 0.6) is 0 Å². The molecular weight excluding hydrogens is 240 g/mol. The van der Waals surface area contributed by atoms with Crippen LogP contribution in [0.25, 0.3) is 0 Å². The third-order valence-corrected chi connectivity index (χ3v) is 3.61. The molecule has 0 saturated carbocycles. The highest BCUT2D eigenvalue weighted by Gasteiger charge is 2.44. The van der Waals surface area contributed by atoms with E-state index in [4.69, 9.17) is 0 Å². The average molecular weight is 261 g/mol. The van der Waals surface area contributed by atoms with E-state index >= 15 is 0 Å². The van der Waals surface area contributed by atoms with E-state index < -0.39 is 0 Å². The molecule has 0 aliphatic carbocycles. The molecule has 19 heavy (non-hydrogen) atoms. The maximum absolute atomic E-state index is 12.7. The molecule has 5 heteroatoms. The molecule has 0 aromatic carbocycles. The summed E-state index contributed by atoms with van der Waals surface area (Å²) in [5.41, 5.74) is 2.18. The minimum Gasteiger partial charge on any atom is -0.245 e. The third kappa shape index (κ3) is 2.14. The molecule has 0 spiro atoms. The van der Waals surface area contributed by atoms with E-state index in [1.807, 2.05) is 6.92 Å². The van der Waals surface area contributed by atoms with Crippen molar-refractivity contribution in [2.45, 2.75) is 40.0 Å². The summed E-state index contributed by atoms with van der Waals surface area (Å²) in [6.45, 7) is 6.91. The molecule has 1 amide bonds. The number of quaternary nitrogens is 1. The lowest BCUT2D eigenvalue weighted by atomic mass is 10.1. The lowest BCUT2D eigenvalue weighted by Crippen LogP contribution is -2.51. The minimum absolute atomic E-state index is 0.00768. The molecule has 0 fully saturated rings. The smallest absolute Gasteiger partial charge is 0.245 e. The first-order chi connectivity index (χ1) is 9.19. The molecule has 2 heterocycles. The summed E-state index contributed by atoms with van der Waals surface area (Å²) in [5.74, 6) is 0. The molecule has 1 aliphatic rings. The van der Waals surface area contributed by atoms with Crippen molar-refractivity contribution >= 4 is 12.4 Å². The van der Waals surface area contributed by atoms with Crippen LogP contribution < -0.4 is 0 Å². The Morgan fingerprint density at radius 2 is 2.16 bits per heavy atom. The zero-order valence-corrected chi connectivity index (χ0v) is 11.8. The van der Waals surface area contributed by atoms with Gasteiger partial charge in [0, 0.05) is 18.8 Å². The van der Waals surface area contributed by atoms with Gasteiger partial charge in [-0.1, -0.05) is 20.3 Å². The highest BCUT2D eigenvalue weighted by Crippen LogP contribution is 2.31. The van der Waals surface area contributed by atoms with Gasteiger partial charge in [-0.2, -0.15) is 4.48 Å². The summed E-state index contributed by atoms with van der Waals surface area (Å²) in [6.07, 6.45) is 9.46. The summed E-state index contributed by atoms with van der Waals surface area (Å²) in [4.78, 5) is 21.2. The number of amides is 1. The topological polar surface area (TPSA) is 47.2 Å². The van der Waals surface area contributed by atoms with E-state index in [2.05, 4.69) is 23.8 Å². The van der Waals surface area contributed by atoms with Gasteiger partial charge in [-0.05, 0) is 13.3 Å². The zero-order chi connectivity index (χ0) is 13.9. The van der Waals surface area contributed by atoms with Crippen LogP contribution in [0.3, 0.4) is 0 Å². The maximum Gasteiger partial charge on any atom is 0.439 e. The van der Waals surface area contributed by atoms with E-state index in [0.29, 0.717) is 6.54 Å². The highest BCUT2D eigenvalue weighted by atomic mass is 16.2. The fourth-order valence-corrected chi connectivity index (χ4v) is 2.63. The molecule has 1 aliphatic heterocycles. The van der Waals surface area contributed by atoms with Crippen LogP contribution in [0.1, 0.15) is 40.0 Å². The van der Waals surface area contributed by atoms with Gasteiger partial charge in [0.25, 0.3) is 0 Å². The Balaban J connectivity index is 2.44. The summed E-state index contributed by atoms with van der Waals surface area (Å²) in [7, 11) is 0. The van der Waals surface area contributed by atoms with Crippen LogP contribution >= 0.6 is 0 Å². The molecule has 1 aromatic heterocycles. The van der Waals surface area contributed by atoms with Crippen molar-refractivity contribution in [1.82, 2.24) is 9.55 Å². The van der Waals surface area contributed by atoms with E-state index in [9.17, 15) is 4.79 Å². The van der Waals surface area contributed by atoms with Gasteiger partial charge in [0.15, 0.2) is 0 Å². The number of aliphatic imine (C=N–C) groups is 1. The number of carbonyl (C=O) groups excluding carboxylic acids is 1. The van der Waals surface area contributed by atoms with Gasteiger partial charge >= 0.3 is 6.03 Å². The first-order valence-electron chi connectivity index (χ1n) is 6.88. The van der Waals surface area contributed by atoms with Crippen molar-refractivity contribution in [3.8, 4) is 0 Å². The van der Waals surface area contributed by atoms with Crippen molar-refractivity contribution in [2.24, 2.45) is 4.99 Å². The molecule has 2 rings (SSSR count). The SMILES string of the molecule is CCCC1=C(CC)[N+](CC)(C(=O)n2ccnc2)C=N1. The fraction of sp³-hybridized carbons (Fsp3) is 0.500. The number of aromatic nitrogens is 2. The van der Waals surface area contributed by atoms with Crippen molar-refractivity contribution < 1.29 is 9.28 Å². The lowest BCUT2D eigenvalue weighted by Gasteiger charge is -2.28. The van der Waals surface area contributed by atoms with Crippen molar-refractivity contribution in [2.75, 3.05) is 6.54 Å². The van der Waals surface area contributed by atoms with Crippen LogP contribution in [-0.4, -0.2) is 32.9 Å². The molecule has 0 saturated heterocycles. The number of allylic oxidation sites excluding steroid dienone is 2. The van der Waals surface area contributed by atoms with Crippen LogP contribution in [0, 0.1) is 0 Å². The third-order valence-electron chi connectivity index (χ3n) is 3.61. The predicted molar refractivity (Wildman–Crippen MR) is 74.5 cm³/mol. The number of carbonyl (C=O) groups is 1. The zero-order valence-electron chi connectivity index (χ0n) is 11.8. The molecule has 102 valence electrons. The lowest BCUT2D eigenvalue weighted by molar-refractivity contribution is -0.706. The van der Waals surface area contributed by atoms with Gasteiger partial charge in [0.1, 0.15) is 17.7 Å². The van der Waals surface area contributed by atoms with Crippen LogP contribution in [0.2, 0.25) is 0 Å².